The van der Waals surface area contributed by atoms with Gasteiger partial charge in [-0.3, -0.25) is 4.79 Å². The summed E-state index contributed by atoms with van der Waals surface area (Å²) in [6.45, 7) is 4.08. The summed E-state index contributed by atoms with van der Waals surface area (Å²) in [5.74, 6) is 0.131. The SMILES string of the molecule is Cc1cc(C(=O)c2ccc(Br)s2)sc1C. The molecule has 2 heterocycles. The van der Waals surface area contributed by atoms with Crippen LogP contribution in [0.1, 0.15) is 25.0 Å². The molecule has 0 aromatic carbocycles. The van der Waals surface area contributed by atoms with E-state index in [2.05, 4.69) is 15.9 Å². The molecule has 0 saturated heterocycles. The molecule has 0 bridgehead atoms. The first kappa shape index (κ1) is 11.0. The van der Waals surface area contributed by atoms with Crippen LogP contribution < -0.4 is 0 Å². The normalized spacial score (nSPS) is 10.6. The molecule has 0 aliphatic heterocycles. The van der Waals surface area contributed by atoms with Crippen LogP contribution in [0.5, 0.6) is 0 Å². The zero-order chi connectivity index (χ0) is 11.0. The Morgan fingerprint density at radius 3 is 2.40 bits per heavy atom. The molecule has 2 aromatic heterocycles. The van der Waals surface area contributed by atoms with E-state index in [0.717, 1.165) is 13.5 Å². The van der Waals surface area contributed by atoms with E-state index in [9.17, 15) is 4.79 Å². The Bertz CT molecular complexity index is 491. The number of aryl methyl sites for hydroxylation is 2. The Hall–Kier alpha value is -0.450. The van der Waals surface area contributed by atoms with Crippen LogP contribution in [0.4, 0.5) is 0 Å². The summed E-state index contributed by atoms with van der Waals surface area (Å²) >= 11 is 6.41. The molecule has 2 rings (SSSR count). The van der Waals surface area contributed by atoms with Gasteiger partial charge in [-0.05, 0) is 53.5 Å². The second-order valence-electron chi connectivity index (χ2n) is 3.28. The highest BCUT2D eigenvalue weighted by atomic mass is 79.9. The third kappa shape index (κ3) is 2.22. The topological polar surface area (TPSA) is 17.1 Å². The van der Waals surface area contributed by atoms with Gasteiger partial charge >= 0.3 is 0 Å². The first-order valence-corrected chi connectivity index (χ1v) is 6.87. The first-order valence-electron chi connectivity index (χ1n) is 4.45. The minimum atomic E-state index is 0.131. The summed E-state index contributed by atoms with van der Waals surface area (Å²) in [6.07, 6.45) is 0. The molecule has 0 amide bonds. The number of thiophene rings is 2. The summed E-state index contributed by atoms with van der Waals surface area (Å²) in [5.41, 5.74) is 1.19. The molecule has 15 heavy (non-hydrogen) atoms. The van der Waals surface area contributed by atoms with Crippen LogP contribution in [0.15, 0.2) is 22.0 Å². The Morgan fingerprint density at radius 1 is 1.20 bits per heavy atom. The van der Waals surface area contributed by atoms with Crippen molar-refractivity contribution in [3.63, 3.8) is 0 Å². The lowest BCUT2D eigenvalue weighted by molar-refractivity contribution is 0.104. The van der Waals surface area contributed by atoms with Crippen LogP contribution >= 0.6 is 38.6 Å². The highest BCUT2D eigenvalue weighted by Gasteiger charge is 2.14. The maximum absolute atomic E-state index is 12.0. The number of rotatable bonds is 2. The van der Waals surface area contributed by atoms with E-state index < -0.39 is 0 Å². The summed E-state index contributed by atoms with van der Waals surface area (Å²) in [4.78, 5) is 14.9. The molecule has 0 aliphatic rings. The number of ketones is 1. The van der Waals surface area contributed by atoms with Crippen molar-refractivity contribution in [1.82, 2.24) is 0 Å². The van der Waals surface area contributed by atoms with Crippen molar-refractivity contribution in [2.24, 2.45) is 0 Å². The van der Waals surface area contributed by atoms with E-state index in [0.29, 0.717) is 0 Å². The number of hydrogen-bond donors (Lipinski definition) is 0. The Kier molecular flexibility index (Phi) is 3.09. The molecule has 0 unspecified atom stereocenters. The summed E-state index contributed by atoms with van der Waals surface area (Å²) in [6, 6.07) is 5.74. The molecule has 1 nitrogen and oxygen atoms in total. The van der Waals surface area contributed by atoms with Gasteiger partial charge in [-0.15, -0.1) is 22.7 Å². The molecule has 0 aliphatic carbocycles. The smallest absolute Gasteiger partial charge is 0.212 e. The van der Waals surface area contributed by atoms with Crippen LogP contribution in [0, 0.1) is 13.8 Å². The van der Waals surface area contributed by atoms with Crippen LogP contribution in [0.3, 0.4) is 0 Å². The molecule has 2 aromatic rings. The van der Waals surface area contributed by atoms with Crippen molar-refractivity contribution in [3.05, 3.63) is 42.2 Å². The van der Waals surface area contributed by atoms with Gasteiger partial charge in [-0.2, -0.15) is 0 Å². The molecule has 78 valence electrons. The maximum Gasteiger partial charge on any atom is 0.212 e. The third-order valence-electron chi connectivity index (χ3n) is 2.19. The van der Waals surface area contributed by atoms with Gasteiger partial charge in [0.2, 0.25) is 5.78 Å². The zero-order valence-electron chi connectivity index (χ0n) is 8.33. The van der Waals surface area contributed by atoms with E-state index in [1.165, 1.54) is 21.8 Å². The number of hydrogen-bond acceptors (Lipinski definition) is 3. The van der Waals surface area contributed by atoms with E-state index in [1.807, 2.05) is 32.0 Å². The van der Waals surface area contributed by atoms with Gasteiger partial charge in [0.1, 0.15) is 0 Å². The van der Waals surface area contributed by atoms with E-state index in [1.54, 1.807) is 11.3 Å². The molecule has 4 heteroatoms. The van der Waals surface area contributed by atoms with Crippen molar-refractivity contribution < 1.29 is 4.79 Å². The lowest BCUT2D eigenvalue weighted by Gasteiger charge is -1.90. The average molecular weight is 301 g/mol. The van der Waals surface area contributed by atoms with Crippen LogP contribution in [-0.2, 0) is 0 Å². The largest absolute Gasteiger partial charge is 0.287 e. The van der Waals surface area contributed by atoms with Crippen molar-refractivity contribution in [3.8, 4) is 0 Å². The van der Waals surface area contributed by atoms with Gasteiger partial charge in [-0.1, -0.05) is 0 Å². The standard InChI is InChI=1S/C11H9BrOS2/c1-6-5-9(14-7(6)2)11(13)8-3-4-10(12)15-8/h3-5H,1-2H3. The summed E-state index contributed by atoms with van der Waals surface area (Å²) in [7, 11) is 0. The van der Waals surface area contributed by atoms with Gasteiger partial charge in [-0.25, -0.2) is 0 Å². The van der Waals surface area contributed by atoms with Gasteiger partial charge < -0.3 is 0 Å². The van der Waals surface area contributed by atoms with E-state index >= 15 is 0 Å². The van der Waals surface area contributed by atoms with Crippen molar-refractivity contribution in [1.29, 1.82) is 0 Å². The van der Waals surface area contributed by atoms with Crippen LogP contribution in [-0.4, -0.2) is 5.78 Å². The second kappa shape index (κ2) is 4.20. The highest BCUT2D eigenvalue weighted by molar-refractivity contribution is 9.11. The molecular formula is C11H9BrOS2. The monoisotopic (exact) mass is 300 g/mol. The predicted molar refractivity (Wildman–Crippen MR) is 69.2 cm³/mol. The third-order valence-corrected chi connectivity index (χ3v) is 4.96. The molecule has 0 radical (unpaired) electrons. The van der Waals surface area contributed by atoms with Crippen LogP contribution in [0.25, 0.3) is 0 Å². The molecule has 0 atom stereocenters. The van der Waals surface area contributed by atoms with E-state index in [-0.39, 0.29) is 5.78 Å². The summed E-state index contributed by atoms with van der Waals surface area (Å²) < 4.78 is 0.996. The van der Waals surface area contributed by atoms with Crippen molar-refractivity contribution in [2.75, 3.05) is 0 Å². The lowest BCUT2D eigenvalue weighted by atomic mass is 10.2. The van der Waals surface area contributed by atoms with E-state index in [4.69, 9.17) is 0 Å². The molecule has 0 fully saturated rings. The quantitative estimate of drug-likeness (QED) is 0.750. The van der Waals surface area contributed by atoms with Crippen molar-refractivity contribution >= 4 is 44.4 Å². The number of carbonyl (C=O) groups is 1. The Morgan fingerprint density at radius 2 is 1.93 bits per heavy atom. The van der Waals surface area contributed by atoms with Gasteiger partial charge in [0.15, 0.2) is 0 Å². The minimum absolute atomic E-state index is 0.131. The molecular weight excluding hydrogens is 292 g/mol. The predicted octanol–water partition coefficient (Wildman–Crippen LogP) is 4.42. The molecule has 0 N–H and O–H groups in total. The lowest BCUT2D eigenvalue weighted by Crippen LogP contribution is -1.93. The molecule has 0 spiro atoms. The fourth-order valence-corrected chi connectivity index (χ4v) is 3.64. The van der Waals surface area contributed by atoms with Crippen molar-refractivity contribution in [2.45, 2.75) is 13.8 Å². The van der Waals surface area contributed by atoms with Gasteiger partial charge in [0.25, 0.3) is 0 Å². The zero-order valence-corrected chi connectivity index (χ0v) is 11.6. The number of halogens is 1. The highest BCUT2D eigenvalue weighted by Crippen LogP contribution is 2.28. The second-order valence-corrected chi connectivity index (χ2v) is 7.00. The average Bonchev–Trinajstić information content (AvgIpc) is 2.74. The Balaban J connectivity index is 2.36. The van der Waals surface area contributed by atoms with Crippen LogP contribution in [0.2, 0.25) is 0 Å². The fraction of sp³-hybridized carbons (Fsp3) is 0.182. The molecule has 0 saturated carbocycles. The van der Waals surface area contributed by atoms with Gasteiger partial charge in [0.05, 0.1) is 13.5 Å². The fourth-order valence-electron chi connectivity index (χ4n) is 1.24. The summed E-state index contributed by atoms with van der Waals surface area (Å²) in [5, 5.41) is 0. The maximum atomic E-state index is 12.0. The first-order chi connectivity index (χ1) is 7.08. The van der Waals surface area contributed by atoms with Gasteiger partial charge in [0, 0.05) is 4.88 Å². The number of carbonyl (C=O) groups excluding carboxylic acids is 1. The minimum Gasteiger partial charge on any atom is -0.287 e. The Labute approximate surface area is 105 Å².